The molecule has 1 fully saturated rings. The number of rotatable bonds is 3. The molecule has 1 aliphatic carbocycles. The third-order valence-electron chi connectivity index (χ3n) is 3.93. The van der Waals surface area contributed by atoms with Crippen LogP contribution in [-0.2, 0) is 0 Å². The summed E-state index contributed by atoms with van der Waals surface area (Å²) in [6.45, 7) is 3.27. The van der Waals surface area contributed by atoms with Gasteiger partial charge >= 0.3 is 5.69 Å². The fraction of sp³-hybridized carbons (Fsp3) is 0.615. The zero-order chi connectivity index (χ0) is 13.2. The molecule has 1 saturated carbocycles. The van der Waals surface area contributed by atoms with Gasteiger partial charge in [0.15, 0.2) is 5.65 Å². The minimum Gasteiger partial charge on any atom is -0.370 e. The van der Waals surface area contributed by atoms with E-state index in [1.165, 1.54) is 36.4 Å². The van der Waals surface area contributed by atoms with Gasteiger partial charge in [-0.2, -0.15) is 5.10 Å². The minimum atomic E-state index is -0.254. The average Bonchev–Trinajstić information content (AvgIpc) is 2.78. The van der Waals surface area contributed by atoms with Crippen LogP contribution in [0.4, 0.5) is 5.82 Å². The summed E-state index contributed by atoms with van der Waals surface area (Å²) >= 11 is 0. The van der Waals surface area contributed by atoms with E-state index in [2.05, 4.69) is 27.4 Å². The van der Waals surface area contributed by atoms with Crippen LogP contribution in [-0.4, -0.2) is 26.1 Å². The fourth-order valence-corrected chi connectivity index (χ4v) is 2.90. The van der Waals surface area contributed by atoms with E-state index in [0.717, 1.165) is 24.2 Å². The Morgan fingerprint density at radius 2 is 2.42 bits per heavy atom. The van der Waals surface area contributed by atoms with Crippen LogP contribution < -0.4 is 11.0 Å². The molecule has 6 nitrogen and oxygen atoms in total. The lowest BCUT2D eigenvalue weighted by atomic mass is 9.82. The van der Waals surface area contributed by atoms with Crippen LogP contribution >= 0.6 is 0 Å². The molecular formula is C13H19N5O. The molecule has 2 atom stereocenters. The second-order valence-electron chi connectivity index (χ2n) is 5.55. The largest absolute Gasteiger partial charge is 0.370 e. The maximum absolute atomic E-state index is 11.3. The quantitative estimate of drug-likeness (QED) is 0.881. The highest BCUT2D eigenvalue weighted by molar-refractivity contribution is 5.48. The van der Waals surface area contributed by atoms with Gasteiger partial charge in [-0.1, -0.05) is 19.8 Å². The Kier molecular flexibility index (Phi) is 3.23. The number of nitrogens with one attached hydrogen (secondary N) is 2. The highest BCUT2D eigenvalue weighted by atomic mass is 16.1. The zero-order valence-corrected chi connectivity index (χ0v) is 11.1. The van der Waals surface area contributed by atoms with E-state index < -0.39 is 0 Å². The predicted octanol–water partition coefficient (Wildman–Crippen LogP) is 1.66. The third-order valence-corrected chi connectivity index (χ3v) is 3.93. The summed E-state index contributed by atoms with van der Waals surface area (Å²) < 4.78 is 1.40. The monoisotopic (exact) mass is 261 g/mol. The van der Waals surface area contributed by atoms with E-state index in [1.807, 2.05) is 0 Å². The van der Waals surface area contributed by atoms with Crippen molar-refractivity contribution in [1.82, 2.24) is 19.6 Å². The van der Waals surface area contributed by atoms with Gasteiger partial charge in [0.2, 0.25) is 0 Å². The van der Waals surface area contributed by atoms with E-state index in [0.29, 0.717) is 5.65 Å². The fourth-order valence-electron chi connectivity index (χ4n) is 2.90. The van der Waals surface area contributed by atoms with Crippen LogP contribution in [0.15, 0.2) is 17.2 Å². The van der Waals surface area contributed by atoms with Crippen LogP contribution in [0.25, 0.3) is 5.65 Å². The molecule has 2 aromatic heterocycles. The molecule has 2 heterocycles. The van der Waals surface area contributed by atoms with E-state index in [4.69, 9.17) is 0 Å². The number of hydrogen-bond donors (Lipinski definition) is 2. The van der Waals surface area contributed by atoms with E-state index in [9.17, 15) is 4.79 Å². The van der Waals surface area contributed by atoms with Crippen molar-refractivity contribution in [3.63, 3.8) is 0 Å². The molecule has 0 aromatic carbocycles. The van der Waals surface area contributed by atoms with Crippen LogP contribution in [0.5, 0.6) is 0 Å². The van der Waals surface area contributed by atoms with Crippen molar-refractivity contribution < 1.29 is 0 Å². The average molecular weight is 261 g/mol. The summed E-state index contributed by atoms with van der Waals surface area (Å²) in [7, 11) is 0. The number of anilines is 1. The summed E-state index contributed by atoms with van der Waals surface area (Å²) in [4.78, 5) is 15.6. The highest BCUT2D eigenvalue weighted by Crippen LogP contribution is 2.28. The molecule has 0 aliphatic heterocycles. The number of aromatic nitrogens is 4. The van der Waals surface area contributed by atoms with Crippen molar-refractivity contribution in [2.75, 3.05) is 11.9 Å². The van der Waals surface area contributed by atoms with Crippen molar-refractivity contribution in [2.45, 2.75) is 32.6 Å². The lowest BCUT2D eigenvalue weighted by molar-refractivity contribution is 0.293. The Balaban J connectivity index is 1.66. The summed E-state index contributed by atoms with van der Waals surface area (Å²) in [5.41, 5.74) is 0.342. The van der Waals surface area contributed by atoms with Gasteiger partial charge in [0.1, 0.15) is 12.1 Å². The van der Waals surface area contributed by atoms with Gasteiger partial charge in [0.05, 0.1) is 0 Å². The van der Waals surface area contributed by atoms with E-state index >= 15 is 0 Å². The van der Waals surface area contributed by atoms with Crippen molar-refractivity contribution in [1.29, 1.82) is 0 Å². The van der Waals surface area contributed by atoms with E-state index in [-0.39, 0.29) is 5.69 Å². The lowest BCUT2D eigenvalue weighted by Crippen LogP contribution is -2.21. The number of H-pyrrole nitrogens is 1. The Morgan fingerprint density at radius 1 is 1.53 bits per heavy atom. The second kappa shape index (κ2) is 5.03. The molecule has 102 valence electrons. The molecule has 1 aliphatic rings. The molecular weight excluding hydrogens is 242 g/mol. The first-order chi connectivity index (χ1) is 9.22. The number of aromatic amines is 1. The summed E-state index contributed by atoms with van der Waals surface area (Å²) in [5, 5.41) is 9.69. The summed E-state index contributed by atoms with van der Waals surface area (Å²) in [5.74, 6) is 2.34. The molecule has 2 aromatic rings. The first-order valence-corrected chi connectivity index (χ1v) is 6.89. The maximum atomic E-state index is 11.3. The van der Waals surface area contributed by atoms with Crippen LogP contribution in [0.2, 0.25) is 0 Å². The minimum absolute atomic E-state index is 0.254. The van der Waals surface area contributed by atoms with Gasteiger partial charge in [-0.15, -0.1) is 0 Å². The van der Waals surface area contributed by atoms with Crippen LogP contribution in [0.3, 0.4) is 0 Å². The normalized spacial score (nSPS) is 23.6. The molecule has 0 radical (unpaired) electrons. The van der Waals surface area contributed by atoms with Gasteiger partial charge in [-0.3, -0.25) is 0 Å². The molecule has 0 spiro atoms. The van der Waals surface area contributed by atoms with Crippen molar-refractivity contribution in [3.8, 4) is 0 Å². The summed E-state index contributed by atoms with van der Waals surface area (Å²) in [6.07, 6.45) is 6.77. The highest BCUT2D eigenvalue weighted by Gasteiger charge is 2.18. The van der Waals surface area contributed by atoms with Crippen molar-refractivity contribution in [2.24, 2.45) is 11.8 Å². The molecule has 6 heteroatoms. The number of fused-ring (bicyclic) bond motifs is 1. The Morgan fingerprint density at radius 3 is 3.26 bits per heavy atom. The van der Waals surface area contributed by atoms with Crippen molar-refractivity contribution in [3.05, 3.63) is 22.9 Å². The van der Waals surface area contributed by atoms with Gasteiger partial charge in [0, 0.05) is 12.6 Å². The molecule has 19 heavy (non-hydrogen) atoms. The Hall–Kier alpha value is -1.85. The maximum Gasteiger partial charge on any atom is 0.348 e. The van der Waals surface area contributed by atoms with Gasteiger partial charge in [-0.25, -0.2) is 19.3 Å². The van der Waals surface area contributed by atoms with Gasteiger partial charge in [-0.05, 0) is 24.7 Å². The molecule has 2 N–H and O–H groups in total. The Labute approximate surface area is 111 Å². The number of nitrogens with zero attached hydrogens (tertiary/aromatic N) is 3. The van der Waals surface area contributed by atoms with Gasteiger partial charge < -0.3 is 5.32 Å². The van der Waals surface area contributed by atoms with E-state index in [1.54, 1.807) is 6.07 Å². The molecule has 2 unspecified atom stereocenters. The predicted molar refractivity (Wildman–Crippen MR) is 73.2 cm³/mol. The lowest BCUT2D eigenvalue weighted by Gasteiger charge is -2.26. The zero-order valence-electron chi connectivity index (χ0n) is 11.1. The third kappa shape index (κ3) is 2.62. The SMILES string of the molecule is CC1CCCC(CNc2cc3n[nH]c(=O)n3cn2)C1. The first kappa shape index (κ1) is 12.2. The smallest absolute Gasteiger partial charge is 0.348 e. The standard InChI is InChI=1S/C13H19N5O/c1-9-3-2-4-10(5-9)7-14-11-6-12-16-17-13(19)18(12)8-15-11/h6,8-10,14H,2-5,7H2,1H3,(H,17,19). The summed E-state index contributed by atoms with van der Waals surface area (Å²) in [6, 6.07) is 1.80. The van der Waals surface area contributed by atoms with Gasteiger partial charge in [0.25, 0.3) is 0 Å². The molecule has 3 rings (SSSR count). The molecule has 0 bridgehead atoms. The first-order valence-electron chi connectivity index (χ1n) is 6.89. The number of hydrogen-bond acceptors (Lipinski definition) is 4. The molecule has 0 amide bonds. The topological polar surface area (TPSA) is 75.1 Å². The Bertz CT molecular complexity index is 617. The van der Waals surface area contributed by atoms with Crippen molar-refractivity contribution >= 4 is 11.5 Å². The van der Waals surface area contributed by atoms with Crippen LogP contribution in [0, 0.1) is 11.8 Å². The van der Waals surface area contributed by atoms with Crippen LogP contribution in [0.1, 0.15) is 32.6 Å². The molecule has 0 saturated heterocycles. The second-order valence-corrected chi connectivity index (χ2v) is 5.55.